The first-order valence-electron chi connectivity index (χ1n) is 5.80. The van der Waals surface area contributed by atoms with Crippen LogP contribution in [0, 0.1) is 0 Å². The van der Waals surface area contributed by atoms with Crippen LogP contribution in [0.25, 0.3) is 0 Å². The van der Waals surface area contributed by atoms with E-state index in [1.54, 1.807) is 17.0 Å². The maximum Gasteiger partial charge on any atom is 0.418 e. The molecule has 1 unspecified atom stereocenters. The molecule has 18 heavy (non-hydrogen) atoms. The first-order valence-corrected chi connectivity index (χ1v) is 5.80. The number of alkyl halides is 3. The average molecular weight is 256 g/mol. The minimum atomic E-state index is -4.33. The minimum absolute atomic E-state index is 0.109. The van der Waals surface area contributed by atoms with Crippen LogP contribution in [0.1, 0.15) is 5.56 Å². The molecular formula is C13H15F3N2. The molecule has 0 aliphatic carbocycles. The van der Waals surface area contributed by atoms with Crippen LogP contribution in [0.2, 0.25) is 0 Å². The molecule has 1 aromatic carbocycles. The summed E-state index contributed by atoms with van der Waals surface area (Å²) in [5.74, 6) is 0. The quantitative estimate of drug-likeness (QED) is 0.818. The largest absolute Gasteiger partial charge is 0.418 e. The number of hydrogen-bond acceptors (Lipinski definition) is 2. The van der Waals surface area contributed by atoms with E-state index in [9.17, 15) is 13.2 Å². The van der Waals surface area contributed by atoms with Crippen molar-refractivity contribution in [1.82, 2.24) is 5.32 Å². The third kappa shape index (κ3) is 2.51. The third-order valence-electron chi connectivity index (χ3n) is 3.07. The summed E-state index contributed by atoms with van der Waals surface area (Å²) in [5.41, 5.74) is -0.352. The molecular weight excluding hydrogens is 241 g/mol. The van der Waals surface area contributed by atoms with E-state index in [0.717, 1.165) is 6.07 Å². The van der Waals surface area contributed by atoms with Gasteiger partial charge in [0.1, 0.15) is 0 Å². The van der Waals surface area contributed by atoms with E-state index in [4.69, 9.17) is 0 Å². The summed E-state index contributed by atoms with van der Waals surface area (Å²) in [6, 6.07) is 5.58. The van der Waals surface area contributed by atoms with Crippen molar-refractivity contribution in [3.05, 3.63) is 42.5 Å². The van der Waals surface area contributed by atoms with Gasteiger partial charge in [0, 0.05) is 25.3 Å². The monoisotopic (exact) mass is 256 g/mol. The molecule has 1 N–H and O–H groups in total. The summed E-state index contributed by atoms with van der Waals surface area (Å²) < 4.78 is 38.9. The van der Waals surface area contributed by atoms with Gasteiger partial charge in [0.25, 0.3) is 0 Å². The summed E-state index contributed by atoms with van der Waals surface area (Å²) in [7, 11) is 0. The van der Waals surface area contributed by atoms with Crippen molar-refractivity contribution in [2.45, 2.75) is 12.2 Å². The Balaban J connectivity index is 2.40. The maximum absolute atomic E-state index is 13.0. The molecule has 1 aliphatic rings. The van der Waals surface area contributed by atoms with Gasteiger partial charge in [-0.25, -0.2) is 0 Å². The Morgan fingerprint density at radius 2 is 2.06 bits per heavy atom. The van der Waals surface area contributed by atoms with Crippen LogP contribution in [-0.2, 0) is 6.18 Å². The molecule has 2 rings (SSSR count). The van der Waals surface area contributed by atoms with E-state index in [1.165, 1.54) is 12.1 Å². The molecule has 0 spiro atoms. The number of piperazine rings is 1. The van der Waals surface area contributed by atoms with Crippen molar-refractivity contribution in [2.75, 3.05) is 24.5 Å². The van der Waals surface area contributed by atoms with Crippen molar-refractivity contribution in [3.63, 3.8) is 0 Å². The number of nitrogens with one attached hydrogen (secondary N) is 1. The average Bonchev–Trinajstić information content (AvgIpc) is 2.37. The predicted molar refractivity (Wildman–Crippen MR) is 65.6 cm³/mol. The molecule has 0 amide bonds. The van der Waals surface area contributed by atoms with E-state index < -0.39 is 11.7 Å². The zero-order valence-corrected chi connectivity index (χ0v) is 9.87. The molecule has 2 nitrogen and oxygen atoms in total. The van der Waals surface area contributed by atoms with Crippen molar-refractivity contribution in [1.29, 1.82) is 0 Å². The molecule has 1 atom stereocenters. The van der Waals surface area contributed by atoms with E-state index in [2.05, 4.69) is 11.9 Å². The van der Waals surface area contributed by atoms with Crippen molar-refractivity contribution in [2.24, 2.45) is 0 Å². The summed E-state index contributed by atoms with van der Waals surface area (Å²) in [6.45, 7) is 5.53. The molecule has 0 saturated carbocycles. The normalized spacial score (nSPS) is 20.8. The number of hydrogen-bond donors (Lipinski definition) is 1. The van der Waals surface area contributed by atoms with Gasteiger partial charge >= 0.3 is 6.18 Å². The molecule has 0 aromatic heterocycles. The number of rotatable bonds is 2. The lowest BCUT2D eigenvalue weighted by atomic mass is 10.1. The summed E-state index contributed by atoms with van der Waals surface area (Å²) in [5, 5.41) is 3.15. The van der Waals surface area contributed by atoms with Gasteiger partial charge in [0.2, 0.25) is 0 Å². The number of benzene rings is 1. The second-order valence-corrected chi connectivity index (χ2v) is 4.22. The Morgan fingerprint density at radius 3 is 2.72 bits per heavy atom. The predicted octanol–water partition coefficient (Wildman–Crippen LogP) is 2.67. The Bertz CT molecular complexity index is 428. The highest BCUT2D eigenvalue weighted by atomic mass is 19.4. The van der Waals surface area contributed by atoms with E-state index >= 15 is 0 Å². The first kappa shape index (κ1) is 13.0. The molecule has 98 valence electrons. The van der Waals surface area contributed by atoms with E-state index in [-0.39, 0.29) is 11.7 Å². The molecule has 1 fully saturated rings. The van der Waals surface area contributed by atoms with Crippen LogP contribution in [0.3, 0.4) is 0 Å². The fourth-order valence-electron chi connectivity index (χ4n) is 2.20. The highest BCUT2D eigenvalue weighted by Crippen LogP contribution is 2.37. The Morgan fingerprint density at radius 1 is 1.33 bits per heavy atom. The van der Waals surface area contributed by atoms with Crippen LogP contribution in [-0.4, -0.2) is 25.7 Å². The fourth-order valence-corrected chi connectivity index (χ4v) is 2.20. The topological polar surface area (TPSA) is 15.3 Å². The van der Waals surface area contributed by atoms with Crippen LogP contribution in [0.5, 0.6) is 0 Å². The van der Waals surface area contributed by atoms with Gasteiger partial charge in [-0.15, -0.1) is 6.58 Å². The maximum atomic E-state index is 13.0. The van der Waals surface area contributed by atoms with Crippen molar-refractivity contribution >= 4 is 5.69 Å². The van der Waals surface area contributed by atoms with Crippen LogP contribution in [0.4, 0.5) is 18.9 Å². The summed E-state index contributed by atoms with van der Waals surface area (Å²) in [6.07, 6.45) is -2.65. The van der Waals surface area contributed by atoms with Gasteiger partial charge < -0.3 is 10.2 Å². The molecule has 0 bridgehead atoms. The number of halogens is 3. The van der Waals surface area contributed by atoms with Crippen molar-refractivity contribution < 1.29 is 13.2 Å². The second-order valence-electron chi connectivity index (χ2n) is 4.22. The summed E-state index contributed by atoms with van der Waals surface area (Å²) >= 11 is 0. The zero-order valence-electron chi connectivity index (χ0n) is 9.87. The van der Waals surface area contributed by atoms with Gasteiger partial charge in [0.05, 0.1) is 11.6 Å². The fraction of sp³-hybridized carbons (Fsp3) is 0.385. The summed E-state index contributed by atoms with van der Waals surface area (Å²) in [4.78, 5) is 1.76. The number of nitrogens with zero attached hydrogens (tertiary/aromatic N) is 1. The standard InChI is InChI=1S/C13H15F3N2/c1-2-10-9-17-7-8-18(10)12-6-4-3-5-11(12)13(14,15)16/h2-6,10,17H,1,7-9H2. The highest BCUT2D eigenvalue weighted by molar-refractivity contribution is 5.57. The van der Waals surface area contributed by atoms with Crippen molar-refractivity contribution in [3.8, 4) is 0 Å². The Kier molecular flexibility index (Phi) is 3.61. The van der Waals surface area contributed by atoms with Gasteiger partial charge in [-0.05, 0) is 12.1 Å². The lowest BCUT2D eigenvalue weighted by Gasteiger charge is -2.37. The molecule has 1 saturated heterocycles. The molecule has 1 heterocycles. The zero-order chi connectivity index (χ0) is 13.2. The van der Waals surface area contributed by atoms with Gasteiger partial charge in [-0.2, -0.15) is 13.2 Å². The van der Waals surface area contributed by atoms with Gasteiger partial charge in [0.15, 0.2) is 0 Å². The molecule has 5 heteroatoms. The Labute approximate surface area is 104 Å². The molecule has 1 aliphatic heterocycles. The van der Waals surface area contributed by atoms with Crippen LogP contribution in [0.15, 0.2) is 36.9 Å². The highest BCUT2D eigenvalue weighted by Gasteiger charge is 2.35. The SMILES string of the molecule is C=CC1CNCCN1c1ccccc1C(F)(F)F. The lowest BCUT2D eigenvalue weighted by Crippen LogP contribution is -2.50. The molecule has 1 aromatic rings. The smallest absolute Gasteiger partial charge is 0.362 e. The van der Waals surface area contributed by atoms with E-state index in [0.29, 0.717) is 19.6 Å². The van der Waals surface area contributed by atoms with E-state index in [1.807, 2.05) is 0 Å². The van der Waals surface area contributed by atoms with Gasteiger partial charge in [-0.1, -0.05) is 18.2 Å². The lowest BCUT2D eigenvalue weighted by molar-refractivity contribution is -0.137. The van der Waals surface area contributed by atoms with Crippen LogP contribution < -0.4 is 10.2 Å². The first-order chi connectivity index (χ1) is 8.54. The van der Waals surface area contributed by atoms with Crippen LogP contribution >= 0.6 is 0 Å². The Hall–Kier alpha value is -1.49. The minimum Gasteiger partial charge on any atom is -0.362 e. The van der Waals surface area contributed by atoms with Gasteiger partial charge in [-0.3, -0.25) is 0 Å². The second kappa shape index (κ2) is 5.02. The number of para-hydroxylation sites is 1. The molecule has 0 radical (unpaired) electrons. The third-order valence-corrected chi connectivity index (χ3v) is 3.07. The number of anilines is 1.